The number of ether oxygens (including phenoxy) is 3. The van der Waals surface area contributed by atoms with Crippen molar-refractivity contribution in [1.82, 2.24) is 0 Å². The summed E-state index contributed by atoms with van der Waals surface area (Å²) in [6.07, 6.45) is -0.453. The van der Waals surface area contributed by atoms with Gasteiger partial charge in [0.05, 0.1) is 25.4 Å². The van der Waals surface area contributed by atoms with Crippen molar-refractivity contribution in [1.29, 1.82) is 0 Å². The summed E-state index contributed by atoms with van der Waals surface area (Å²) in [5.74, 6) is 1.49. The maximum atomic E-state index is 9.60. The Bertz CT molecular complexity index is 396. The summed E-state index contributed by atoms with van der Waals surface area (Å²) < 4.78 is 15.7. The number of hydrogen-bond acceptors (Lipinski definition) is 5. The number of rotatable bonds is 2. The minimum absolute atomic E-state index is 0.0552. The van der Waals surface area contributed by atoms with Crippen LogP contribution in [0.1, 0.15) is 0 Å². The van der Waals surface area contributed by atoms with Crippen LogP contribution >= 0.6 is 0 Å². The third-order valence-electron chi connectivity index (χ3n) is 2.78. The van der Waals surface area contributed by atoms with Crippen molar-refractivity contribution in [3.8, 4) is 11.5 Å². The van der Waals surface area contributed by atoms with E-state index in [9.17, 15) is 5.11 Å². The molecule has 5 nitrogen and oxygen atoms in total. The van der Waals surface area contributed by atoms with Crippen molar-refractivity contribution in [2.45, 2.75) is 12.1 Å². The van der Waals surface area contributed by atoms with Crippen molar-refractivity contribution >= 4 is 5.69 Å². The van der Waals surface area contributed by atoms with Crippen LogP contribution in [0.2, 0.25) is 0 Å². The van der Waals surface area contributed by atoms with Gasteiger partial charge in [-0.2, -0.15) is 0 Å². The summed E-state index contributed by atoms with van der Waals surface area (Å²) in [5.41, 5.74) is 0.902. The molecule has 2 aliphatic heterocycles. The molecular formula is C11H13NO4. The van der Waals surface area contributed by atoms with Crippen LogP contribution in [0.15, 0.2) is 18.2 Å². The van der Waals surface area contributed by atoms with Crippen LogP contribution in [0.5, 0.6) is 11.5 Å². The molecule has 2 aliphatic rings. The summed E-state index contributed by atoms with van der Waals surface area (Å²) in [6.45, 7) is 1.19. The lowest BCUT2D eigenvalue weighted by Crippen LogP contribution is -2.31. The molecule has 0 spiro atoms. The van der Waals surface area contributed by atoms with Crippen molar-refractivity contribution in [2.24, 2.45) is 0 Å². The second kappa shape index (κ2) is 3.84. The SMILES string of the molecule is O[C@@H]1COC[C@H]1Nc1ccc2c(c1)OCO2. The van der Waals surface area contributed by atoms with Gasteiger partial charge in [0.1, 0.15) is 0 Å². The van der Waals surface area contributed by atoms with Crippen LogP contribution in [-0.2, 0) is 4.74 Å². The minimum Gasteiger partial charge on any atom is -0.454 e. The van der Waals surface area contributed by atoms with Gasteiger partial charge in [-0.25, -0.2) is 0 Å². The van der Waals surface area contributed by atoms with Crippen LogP contribution in [0.25, 0.3) is 0 Å². The van der Waals surface area contributed by atoms with Gasteiger partial charge < -0.3 is 24.6 Å². The van der Waals surface area contributed by atoms with Gasteiger partial charge in [-0.15, -0.1) is 0 Å². The highest BCUT2D eigenvalue weighted by atomic mass is 16.7. The first kappa shape index (κ1) is 9.74. The van der Waals surface area contributed by atoms with Gasteiger partial charge in [0, 0.05) is 11.8 Å². The molecule has 0 bridgehead atoms. The molecule has 0 aromatic heterocycles. The van der Waals surface area contributed by atoms with Crippen LogP contribution in [-0.4, -0.2) is 37.3 Å². The van der Waals surface area contributed by atoms with Crippen LogP contribution < -0.4 is 14.8 Å². The van der Waals surface area contributed by atoms with Gasteiger partial charge in [0.25, 0.3) is 0 Å². The fraction of sp³-hybridized carbons (Fsp3) is 0.455. The Kier molecular flexibility index (Phi) is 2.34. The number of nitrogens with one attached hydrogen (secondary N) is 1. The van der Waals surface area contributed by atoms with Gasteiger partial charge in [-0.3, -0.25) is 0 Å². The van der Waals surface area contributed by atoms with Gasteiger partial charge in [-0.1, -0.05) is 0 Å². The molecule has 0 radical (unpaired) electrons. The highest BCUT2D eigenvalue weighted by Crippen LogP contribution is 2.34. The average Bonchev–Trinajstić information content (AvgIpc) is 2.88. The fourth-order valence-electron chi connectivity index (χ4n) is 1.88. The molecule has 5 heteroatoms. The monoisotopic (exact) mass is 223 g/mol. The molecule has 0 aliphatic carbocycles. The Morgan fingerprint density at radius 2 is 2.06 bits per heavy atom. The quantitative estimate of drug-likeness (QED) is 0.768. The third kappa shape index (κ3) is 1.68. The van der Waals surface area contributed by atoms with E-state index in [4.69, 9.17) is 14.2 Å². The molecular weight excluding hydrogens is 210 g/mol. The molecule has 86 valence electrons. The number of anilines is 1. The first-order chi connectivity index (χ1) is 7.83. The second-order valence-corrected chi connectivity index (χ2v) is 3.92. The number of hydrogen-bond donors (Lipinski definition) is 2. The predicted molar refractivity (Wildman–Crippen MR) is 56.8 cm³/mol. The zero-order chi connectivity index (χ0) is 11.0. The molecule has 2 atom stereocenters. The Morgan fingerprint density at radius 3 is 2.88 bits per heavy atom. The molecule has 1 aromatic rings. The van der Waals surface area contributed by atoms with Gasteiger partial charge in [0.15, 0.2) is 11.5 Å². The lowest BCUT2D eigenvalue weighted by Gasteiger charge is -2.16. The molecule has 0 amide bonds. The van der Waals surface area contributed by atoms with E-state index in [2.05, 4.69) is 5.32 Å². The molecule has 0 unspecified atom stereocenters. The van der Waals surface area contributed by atoms with E-state index in [1.807, 2.05) is 18.2 Å². The Labute approximate surface area is 92.9 Å². The molecule has 1 fully saturated rings. The maximum absolute atomic E-state index is 9.60. The molecule has 1 saturated heterocycles. The third-order valence-corrected chi connectivity index (χ3v) is 2.78. The summed E-state index contributed by atoms with van der Waals surface area (Å²) >= 11 is 0. The van der Waals surface area contributed by atoms with E-state index in [-0.39, 0.29) is 12.8 Å². The van der Waals surface area contributed by atoms with Gasteiger partial charge in [-0.05, 0) is 12.1 Å². The molecule has 3 rings (SSSR count). The highest BCUT2D eigenvalue weighted by molar-refractivity contribution is 5.56. The normalized spacial score (nSPS) is 27.1. The molecule has 0 saturated carbocycles. The minimum atomic E-state index is -0.453. The van der Waals surface area contributed by atoms with E-state index in [0.717, 1.165) is 17.2 Å². The molecule has 2 N–H and O–H groups in total. The van der Waals surface area contributed by atoms with Crippen molar-refractivity contribution in [2.75, 3.05) is 25.3 Å². The Hall–Kier alpha value is -1.46. The lowest BCUT2D eigenvalue weighted by molar-refractivity contribution is 0.125. The van der Waals surface area contributed by atoms with E-state index in [1.165, 1.54) is 0 Å². The Balaban J connectivity index is 1.75. The lowest BCUT2D eigenvalue weighted by atomic mass is 10.2. The zero-order valence-corrected chi connectivity index (χ0v) is 8.68. The van der Waals surface area contributed by atoms with E-state index in [1.54, 1.807) is 0 Å². The fourth-order valence-corrected chi connectivity index (χ4v) is 1.88. The van der Waals surface area contributed by atoms with E-state index in [0.29, 0.717) is 13.2 Å². The van der Waals surface area contributed by atoms with Crippen LogP contribution in [0.3, 0.4) is 0 Å². The zero-order valence-electron chi connectivity index (χ0n) is 8.68. The molecule has 2 heterocycles. The average molecular weight is 223 g/mol. The first-order valence-electron chi connectivity index (χ1n) is 5.25. The highest BCUT2D eigenvalue weighted by Gasteiger charge is 2.26. The van der Waals surface area contributed by atoms with Crippen molar-refractivity contribution in [3.05, 3.63) is 18.2 Å². The van der Waals surface area contributed by atoms with Gasteiger partial charge in [0.2, 0.25) is 6.79 Å². The number of aliphatic hydroxyl groups is 1. The topological polar surface area (TPSA) is 60.0 Å². The summed E-state index contributed by atoms with van der Waals surface area (Å²) in [7, 11) is 0. The molecule has 1 aromatic carbocycles. The number of aliphatic hydroxyl groups excluding tert-OH is 1. The molecule has 16 heavy (non-hydrogen) atoms. The summed E-state index contributed by atoms with van der Waals surface area (Å²) in [4.78, 5) is 0. The first-order valence-corrected chi connectivity index (χ1v) is 5.25. The number of benzene rings is 1. The standard InChI is InChI=1S/C11H13NO4/c13-9-5-14-4-8(9)12-7-1-2-10-11(3-7)16-6-15-10/h1-3,8-9,12-13H,4-6H2/t8-,9-/m1/s1. The van der Waals surface area contributed by atoms with Gasteiger partial charge >= 0.3 is 0 Å². The number of fused-ring (bicyclic) bond motifs is 1. The van der Waals surface area contributed by atoms with E-state index < -0.39 is 6.10 Å². The smallest absolute Gasteiger partial charge is 0.231 e. The Morgan fingerprint density at radius 1 is 1.19 bits per heavy atom. The van der Waals surface area contributed by atoms with Crippen molar-refractivity contribution in [3.63, 3.8) is 0 Å². The summed E-state index contributed by atoms with van der Waals surface area (Å²) in [5, 5.41) is 12.8. The largest absolute Gasteiger partial charge is 0.454 e. The van der Waals surface area contributed by atoms with Crippen LogP contribution in [0, 0.1) is 0 Å². The van der Waals surface area contributed by atoms with Crippen molar-refractivity contribution < 1.29 is 19.3 Å². The van der Waals surface area contributed by atoms with Crippen LogP contribution in [0.4, 0.5) is 5.69 Å². The predicted octanol–water partition coefficient (Wildman–Crippen LogP) is 0.587. The van der Waals surface area contributed by atoms with E-state index >= 15 is 0 Å². The second-order valence-electron chi connectivity index (χ2n) is 3.92. The maximum Gasteiger partial charge on any atom is 0.231 e. The summed E-state index contributed by atoms with van der Waals surface area (Å²) in [6, 6.07) is 5.57.